The van der Waals surface area contributed by atoms with Crippen LogP contribution in [0.15, 0.2) is 21.9 Å². The maximum Gasteiger partial charge on any atom is 0.242 e. The van der Waals surface area contributed by atoms with Crippen LogP contribution in [-0.2, 0) is 24.8 Å². The van der Waals surface area contributed by atoms with Crippen molar-refractivity contribution in [2.24, 2.45) is 22.5 Å². The number of carbonyl (C=O) groups excluding carboxylic acids is 1. The van der Waals surface area contributed by atoms with Crippen molar-refractivity contribution in [2.75, 3.05) is 31.1 Å². The molecule has 2 aromatic rings. The lowest BCUT2D eigenvalue weighted by Gasteiger charge is -2.34. The van der Waals surface area contributed by atoms with Crippen molar-refractivity contribution in [3.05, 3.63) is 12.1 Å². The van der Waals surface area contributed by atoms with Gasteiger partial charge in [0.1, 0.15) is 9.79 Å². The largest absolute Gasteiger partial charge is 0.390 e. The van der Waals surface area contributed by atoms with E-state index in [4.69, 9.17) is 16.6 Å². The van der Waals surface area contributed by atoms with Gasteiger partial charge in [-0.05, 0) is 36.1 Å². The zero-order chi connectivity index (χ0) is 25.1. The molecular weight excluding hydrogens is 490 g/mol. The first kappa shape index (κ1) is 25.9. The zero-order valence-corrected chi connectivity index (χ0v) is 19.7. The van der Waals surface area contributed by atoms with E-state index in [-0.39, 0.29) is 30.3 Å². The van der Waals surface area contributed by atoms with Crippen molar-refractivity contribution in [3.8, 4) is 11.4 Å². The fourth-order valence-corrected chi connectivity index (χ4v) is 6.49. The van der Waals surface area contributed by atoms with E-state index in [0.717, 1.165) is 6.07 Å². The number of nitrogens with two attached hydrogens (primary N) is 3. The predicted octanol–water partition coefficient (Wildman–Crippen LogP) is -2.80. The van der Waals surface area contributed by atoms with Gasteiger partial charge in [0, 0.05) is 38.3 Å². The van der Waals surface area contributed by atoms with E-state index < -0.39 is 48.4 Å². The molecule has 0 aliphatic carbocycles. The van der Waals surface area contributed by atoms with Gasteiger partial charge in [-0.2, -0.15) is 5.21 Å². The third-order valence-electron chi connectivity index (χ3n) is 5.47. The second-order valence-corrected chi connectivity index (χ2v) is 11.1. The molecule has 9 N–H and O–H groups in total. The fraction of sp³-hybridized carbons (Fsp3) is 0.529. The average Bonchev–Trinajstić information content (AvgIpc) is 3.30. The Morgan fingerprint density at radius 2 is 1.94 bits per heavy atom. The molecule has 1 fully saturated rings. The number of carbonyl (C=O) groups is 1. The van der Waals surface area contributed by atoms with Gasteiger partial charge >= 0.3 is 0 Å². The third kappa shape index (κ3) is 5.86. The molecule has 0 saturated carbocycles. The highest BCUT2D eigenvalue weighted by molar-refractivity contribution is 7.92. The van der Waals surface area contributed by atoms with Crippen LogP contribution in [0.5, 0.6) is 0 Å². The number of hydrogen-bond donors (Lipinski definition) is 6. The van der Waals surface area contributed by atoms with Crippen molar-refractivity contribution in [3.63, 3.8) is 0 Å². The number of nitrogens with zero attached hydrogens (tertiary/aromatic N) is 4. The van der Waals surface area contributed by atoms with Crippen molar-refractivity contribution >= 4 is 31.6 Å². The molecule has 1 atom stereocenters. The smallest absolute Gasteiger partial charge is 0.242 e. The van der Waals surface area contributed by atoms with Crippen molar-refractivity contribution in [2.45, 2.75) is 35.2 Å². The molecule has 1 amide bonds. The summed E-state index contributed by atoms with van der Waals surface area (Å²) in [5.74, 6) is -0.487. The lowest BCUT2D eigenvalue weighted by atomic mass is 9.92. The SMILES string of the molecule is NC[C@@H](O)CNS(=O)(=O)c1ccc(N2CCC(CC(N)=O)CC2)c(-c2nn[nH]n2)c1S(N)(=O)=O. The highest BCUT2D eigenvalue weighted by atomic mass is 32.2. The van der Waals surface area contributed by atoms with Crippen molar-refractivity contribution in [1.82, 2.24) is 25.3 Å². The molecule has 0 unspecified atom stereocenters. The Morgan fingerprint density at radius 3 is 2.47 bits per heavy atom. The molecule has 2 heterocycles. The van der Waals surface area contributed by atoms with E-state index in [1.165, 1.54) is 6.07 Å². The van der Waals surface area contributed by atoms with Crippen LogP contribution < -0.4 is 26.2 Å². The summed E-state index contributed by atoms with van der Waals surface area (Å²) in [5, 5.41) is 28.5. The quantitative estimate of drug-likeness (QED) is 0.188. The van der Waals surface area contributed by atoms with Gasteiger partial charge in [0.15, 0.2) is 0 Å². The first-order chi connectivity index (χ1) is 15.9. The molecule has 0 bridgehead atoms. The molecular formula is C17H27N9O6S2. The summed E-state index contributed by atoms with van der Waals surface area (Å²) in [7, 11) is -9.06. The van der Waals surface area contributed by atoms with E-state index in [1.807, 2.05) is 4.90 Å². The van der Waals surface area contributed by atoms with Gasteiger partial charge in [0.2, 0.25) is 31.8 Å². The number of rotatable bonds is 10. The van der Waals surface area contributed by atoms with Gasteiger partial charge in [-0.1, -0.05) is 0 Å². The van der Waals surface area contributed by atoms with Crippen LogP contribution in [0.1, 0.15) is 19.3 Å². The van der Waals surface area contributed by atoms with Crippen LogP contribution in [0.4, 0.5) is 5.69 Å². The summed E-state index contributed by atoms with van der Waals surface area (Å²) in [6, 6.07) is 2.55. The molecule has 34 heavy (non-hydrogen) atoms. The van der Waals surface area contributed by atoms with Crippen LogP contribution in [0.2, 0.25) is 0 Å². The van der Waals surface area contributed by atoms with Crippen LogP contribution in [0.3, 0.4) is 0 Å². The second kappa shape index (κ2) is 10.3. The van der Waals surface area contributed by atoms with Crippen LogP contribution in [0.25, 0.3) is 11.4 Å². The van der Waals surface area contributed by atoms with E-state index in [0.29, 0.717) is 31.6 Å². The van der Waals surface area contributed by atoms with E-state index >= 15 is 0 Å². The Labute approximate surface area is 196 Å². The molecule has 3 rings (SSSR count). The average molecular weight is 518 g/mol. The summed E-state index contributed by atoms with van der Waals surface area (Å²) < 4.78 is 53.4. The number of piperidine rings is 1. The van der Waals surface area contributed by atoms with Crippen molar-refractivity contribution in [1.29, 1.82) is 0 Å². The molecule has 188 valence electrons. The summed E-state index contributed by atoms with van der Waals surface area (Å²) >= 11 is 0. The Kier molecular flexibility index (Phi) is 7.84. The summed E-state index contributed by atoms with van der Waals surface area (Å²) in [4.78, 5) is 11.7. The Bertz CT molecular complexity index is 1230. The molecule has 1 aliphatic heterocycles. The van der Waals surface area contributed by atoms with Gasteiger partial charge in [0.05, 0.1) is 11.7 Å². The highest BCUT2D eigenvalue weighted by Gasteiger charge is 2.34. The standard InChI is InChI=1S/C17H27N9O6S2/c18-8-11(27)9-21-34(31,32)13-2-1-12(26-5-3-10(4-6-26)7-14(19)28)15(16(13)33(20,29)30)17-22-24-25-23-17/h1-2,10-11,21,27H,3-9,18H2,(H2,19,28)(H2,20,29,30)(H,22,23,24,25)/t11-/m1/s1. The molecule has 0 spiro atoms. The number of aromatic nitrogens is 4. The monoisotopic (exact) mass is 517 g/mol. The minimum Gasteiger partial charge on any atom is -0.390 e. The number of hydrogen-bond acceptors (Lipinski definition) is 11. The predicted molar refractivity (Wildman–Crippen MR) is 120 cm³/mol. The maximum atomic E-state index is 13.0. The number of tetrazole rings is 1. The summed E-state index contributed by atoms with van der Waals surface area (Å²) in [6.45, 7) is 0.249. The van der Waals surface area contributed by atoms with E-state index in [1.54, 1.807) is 0 Å². The summed E-state index contributed by atoms with van der Waals surface area (Å²) in [6.07, 6.45) is 0.284. The maximum absolute atomic E-state index is 13.0. The number of primary sulfonamides is 1. The fourth-order valence-electron chi connectivity index (χ4n) is 3.82. The lowest BCUT2D eigenvalue weighted by molar-refractivity contribution is -0.119. The van der Waals surface area contributed by atoms with Crippen LogP contribution >= 0.6 is 0 Å². The number of aliphatic hydroxyl groups excluding tert-OH is 1. The molecule has 1 aromatic heterocycles. The minimum atomic E-state index is -4.62. The van der Waals surface area contributed by atoms with E-state index in [2.05, 4.69) is 25.3 Å². The highest BCUT2D eigenvalue weighted by Crippen LogP contribution is 2.39. The van der Waals surface area contributed by atoms with Crippen LogP contribution in [0, 0.1) is 5.92 Å². The molecule has 0 radical (unpaired) electrons. The minimum absolute atomic E-state index is 0.0814. The number of aliphatic hydroxyl groups is 1. The summed E-state index contributed by atoms with van der Waals surface area (Å²) in [5.41, 5.74) is 10.8. The second-order valence-electron chi connectivity index (χ2n) is 7.91. The Hall–Kier alpha value is -2.70. The number of aromatic amines is 1. The van der Waals surface area contributed by atoms with Crippen molar-refractivity contribution < 1.29 is 26.7 Å². The van der Waals surface area contributed by atoms with Crippen LogP contribution in [-0.4, -0.2) is 80.8 Å². The number of anilines is 1. The Morgan fingerprint density at radius 1 is 1.26 bits per heavy atom. The molecule has 15 nitrogen and oxygen atoms in total. The van der Waals surface area contributed by atoms with Gasteiger partial charge in [0.25, 0.3) is 0 Å². The number of nitrogens with one attached hydrogen (secondary N) is 2. The van der Waals surface area contributed by atoms with Gasteiger partial charge in [-0.25, -0.2) is 26.7 Å². The number of sulfonamides is 2. The zero-order valence-electron chi connectivity index (χ0n) is 18.1. The molecule has 17 heteroatoms. The third-order valence-corrected chi connectivity index (χ3v) is 8.06. The molecule has 1 aromatic carbocycles. The van der Waals surface area contributed by atoms with Gasteiger partial charge < -0.3 is 21.5 Å². The number of benzene rings is 1. The first-order valence-electron chi connectivity index (χ1n) is 10.3. The molecule has 1 aliphatic rings. The normalized spacial score (nSPS) is 16.5. The topological polar surface area (TPSA) is 253 Å². The number of amides is 1. The number of primary amides is 1. The number of H-pyrrole nitrogens is 1. The first-order valence-corrected chi connectivity index (χ1v) is 13.3. The van der Waals surface area contributed by atoms with Gasteiger partial charge in [-0.15, -0.1) is 10.2 Å². The van der Waals surface area contributed by atoms with E-state index in [9.17, 15) is 26.7 Å². The molecule has 1 saturated heterocycles. The van der Waals surface area contributed by atoms with Gasteiger partial charge in [-0.3, -0.25) is 4.79 Å². The lowest BCUT2D eigenvalue weighted by Crippen LogP contribution is -2.37. The Balaban J connectivity index is 2.12.